The molecule has 2 unspecified atom stereocenters. The van der Waals surface area contributed by atoms with Crippen LogP contribution in [0.3, 0.4) is 0 Å². The lowest BCUT2D eigenvalue weighted by atomic mass is 9.97. The number of oxazole rings is 1. The Bertz CT molecular complexity index is 855. The fourth-order valence-corrected chi connectivity index (χ4v) is 4.27. The molecular weight excluding hydrogens is 406 g/mol. The zero-order chi connectivity index (χ0) is 22.2. The number of aryl methyl sites for hydroxylation is 1. The van der Waals surface area contributed by atoms with E-state index in [2.05, 4.69) is 46.5 Å². The minimum absolute atomic E-state index is 0.408. The molecule has 2 saturated heterocycles. The molecule has 2 atom stereocenters. The number of morpholine rings is 1. The number of guanidine groups is 1. The molecular formula is C24H35N5O3. The second kappa shape index (κ2) is 11.4. The van der Waals surface area contributed by atoms with Crippen molar-refractivity contribution in [2.45, 2.75) is 32.9 Å². The third-order valence-electron chi connectivity index (χ3n) is 6.10. The Morgan fingerprint density at radius 1 is 1.16 bits per heavy atom. The van der Waals surface area contributed by atoms with Gasteiger partial charge in [-0.05, 0) is 32.4 Å². The van der Waals surface area contributed by atoms with Crippen LogP contribution in [0.1, 0.15) is 24.6 Å². The lowest BCUT2D eigenvalue weighted by Gasteiger charge is -2.37. The van der Waals surface area contributed by atoms with Crippen LogP contribution in [0.4, 0.5) is 0 Å². The molecule has 174 valence electrons. The number of rotatable bonds is 8. The number of hydrogen-bond acceptors (Lipinski definition) is 6. The largest absolute Gasteiger partial charge is 0.444 e. The summed E-state index contributed by atoms with van der Waals surface area (Å²) in [6, 6.07) is 8.58. The molecule has 0 spiro atoms. The molecule has 0 radical (unpaired) electrons. The lowest BCUT2D eigenvalue weighted by Crippen LogP contribution is -2.53. The fourth-order valence-electron chi connectivity index (χ4n) is 4.27. The minimum Gasteiger partial charge on any atom is -0.444 e. The lowest BCUT2D eigenvalue weighted by molar-refractivity contribution is 0.00246. The van der Waals surface area contributed by atoms with Crippen LogP contribution in [0.15, 0.2) is 39.9 Å². The van der Waals surface area contributed by atoms with Gasteiger partial charge in [-0.25, -0.2) is 9.98 Å². The first-order valence-corrected chi connectivity index (χ1v) is 11.7. The van der Waals surface area contributed by atoms with E-state index >= 15 is 0 Å². The number of benzene rings is 1. The van der Waals surface area contributed by atoms with Gasteiger partial charge in [-0.3, -0.25) is 4.90 Å². The number of nitrogens with one attached hydrogen (secondary N) is 2. The molecule has 1 aromatic heterocycles. The smallest absolute Gasteiger partial charge is 0.226 e. The maximum atomic E-state index is 5.68. The highest BCUT2D eigenvalue weighted by Gasteiger charge is 2.31. The number of hydrogen-bond donors (Lipinski definition) is 2. The molecule has 8 heteroatoms. The van der Waals surface area contributed by atoms with E-state index in [1.807, 2.05) is 12.1 Å². The highest BCUT2D eigenvalue weighted by atomic mass is 16.5. The number of aromatic nitrogens is 1. The highest BCUT2D eigenvalue weighted by molar-refractivity contribution is 5.79. The second-order valence-corrected chi connectivity index (χ2v) is 8.43. The molecule has 0 saturated carbocycles. The molecule has 2 aliphatic heterocycles. The SMILES string of the molecule is CCNC(=NCc1coc(-c2ccc(C)cc2)n1)NCC(C1CCOC1)N1CCOCC1. The molecule has 0 amide bonds. The van der Waals surface area contributed by atoms with E-state index in [0.29, 0.717) is 24.4 Å². The summed E-state index contributed by atoms with van der Waals surface area (Å²) in [4.78, 5) is 11.9. The summed E-state index contributed by atoms with van der Waals surface area (Å²) in [5, 5.41) is 6.90. The van der Waals surface area contributed by atoms with Gasteiger partial charge in [0, 0.05) is 50.3 Å². The first-order chi connectivity index (χ1) is 15.7. The number of aliphatic imine (C=N–C) groups is 1. The normalized spacial score (nSPS) is 20.9. The van der Waals surface area contributed by atoms with Crippen LogP contribution in [0.2, 0.25) is 0 Å². The average molecular weight is 442 g/mol. The van der Waals surface area contributed by atoms with E-state index in [1.54, 1.807) is 6.26 Å². The van der Waals surface area contributed by atoms with Crippen molar-refractivity contribution in [3.63, 3.8) is 0 Å². The van der Waals surface area contributed by atoms with E-state index in [1.165, 1.54) is 5.56 Å². The van der Waals surface area contributed by atoms with Crippen molar-refractivity contribution in [3.8, 4) is 11.5 Å². The van der Waals surface area contributed by atoms with Crippen LogP contribution in [-0.4, -0.2) is 74.5 Å². The summed E-state index contributed by atoms with van der Waals surface area (Å²) in [7, 11) is 0. The van der Waals surface area contributed by atoms with Crippen LogP contribution in [0.5, 0.6) is 0 Å². The van der Waals surface area contributed by atoms with Gasteiger partial charge in [0.1, 0.15) is 12.0 Å². The molecule has 2 N–H and O–H groups in total. The zero-order valence-electron chi connectivity index (χ0n) is 19.2. The monoisotopic (exact) mass is 441 g/mol. The third kappa shape index (κ3) is 6.09. The maximum Gasteiger partial charge on any atom is 0.226 e. The Kier molecular flexibility index (Phi) is 8.14. The molecule has 2 aromatic rings. The number of nitrogens with zero attached hydrogens (tertiary/aromatic N) is 3. The Morgan fingerprint density at radius 2 is 1.97 bits per heavy atom. The van der Waals surface area contributed by atoms with Crippen molar-refractivity contribution < 1.29 is 13.9 Å². The van der Waals surface area contributed by atoms with Crippen LogP contribution >= 0.6 is 0 Å². The van der Waals surface area contributed by atoms with Crippen LogP contribution in [0, 0.1) is 12.8 Å². The highest BCUT2D eigenvalue weighted by Crippen LogP contribution is 2.22. The van der Waals surface area contributed by atoms with Crippen molar-refractivity contribution in [1.82, 2.24) is 20.5 Å². The van der Waals surface area contributed by atoms with E-state index in [9.17, 15) is 0 Å². The van der Waals surface area contributed by atoms with E-state index in [4.69, 9.17) is 18.9 Å². The average Bonchev–Trinajstić information content (AvgIpc) is 3.51. The van der Waals surface area contributed by atoms with Gasteiger partial charge in [-0.1, -0.05) is 17.7 Å². The van der Waals surface area contributed by atoms with Crippen molar-refractivity contribution in [2.75, 3.05) is 52.6 Å². The van der Waals surface area contributed by atoms with Crippen LogP contribution in [-0.2, 0) is 16.0 Å². The third-order valence-corrected chi connectivity index (χ3v) is 6.10. The summed E-state index contributed by atoms with van der Waals surface area (Å²) in [5.41, 5.74) is 3.00. The predicted octanol–water partition coefficient (Wildman–Crippen LogP) is 2.44. The van der Waals surface area contributed by atoms with Crippen molar-refractivity contribution >= 4 is 5.96 Å². The molecule has 1 aromatic carbocycles. The summed E-state index contributed by atoms with van der Waals surface area (Å²) in [6.07, 6.45) is 2.80. The molecule has 8 nitrogen and oxygen atoms in total. The van der Waals surface area contributed by atoms with Gasteiger partial charge in [0.05, 0.1) is 26.4 Å². The van der Waals surface area contributed by atoms with Gasteiger partial charge in [0.25, 0.3) is 0 Å². The van der Waals surface area contributed by atoms with E-state index in [-0.39, 0.29) is 0 Å². The molecule has 2 aliphatic rings. The summed E-state index contributed by atoms with van der Waals surface area (Å²) >= 11 is 0. The topological polar surface area (TPSA) is 84.2 Å². The standard InChI is InChI=1S/C24H35N5O3/c1-3-25-24(26-14-21-17-32-23(28-21)19-6-4-18(2)5-7-19)27-15-22(20-8-11-31-16-20)29-9-12-30-13-10-29/h4-7,17,20,22H,3,8-16H2,1-2H3,(H2,25,26,27). The quantitative estimate of drug-likeness (QED) is 0.481. The molecule has 0 aliphatic carbocycles. The predicted molar refractivity (Wildman–Crippen MR) is 125 cm³/mol. The molecule has 3 heterocycles. The van der Waals surface area contributed by atoms with Crippen LogP contribution < -0.4 is 10.6 Å². The Labute approximate surface area is 190 Å². The number of ether oxygens (including phenoxy) is 2. The molecule has 2 fully saturated rings. The van der Waals surface area contributed by atoms with Crippen molar-refractivity contribution in [2.24, 2.45) is 10.9 Å². The molecule has 0 bridgehead atoms. The Hall–Kier alpha value is -2.42. The van der Waals surface area contributed by atoms with Crippen LogP contribution in [0.25, 0.3) is 11.5 Å². The van der Waals surface area contributed by atoms with Gasteiger partial charge in [-0.2, -0.15) is 0 Å². The van der Waals surface area contributed by atoms with Gasteiger partial charge in [0.15, 0.2) is 5.96 Å². The van der Waals surface area contributed by atoms with Crippen molar-refractivity contribution in [3.05, 3.63) is 41.8 Å². The Morgan fingerprint density at radius 3 is 2.69 bits per heavy atom. The van der Waals surface area contributed by atoms with E-state index < -0.39 is 0 Å². The van der Waals surface area contributed by atoms with Gasteiger partial charge in [-0.15, -0.1) is 0 Å². The first kappa shape index (κ1) is 22.8. The minimum atomic E-state index is 0.408. The molecule has 32 heavy (non-hydrogen) atoms. The van der Waals surface area contributed by atoms with Gasteiger partial charge >= 0.3 is 0 Å². The molecule has 4 rings (SSSR count). The van der Waals surface area contributed by atoms with Crippen molar-refractivity contribution in [1.29, 1.82) is 0 Å². The zero-order valence-corrected chi connectivity index (χ0v) is 19.2. The van der Waals surface area contributed by atoms with Gasteiger partial charge < -0.3 is 24.5 Å². The summed E-state index contributed by atoms with van der Waals surface area (Å²) in [6.45, 7) is 11.5. The maximum absolute atomic E-state index is 5.68. The fraction of sp³-hybridized carbons (Fsp3) is 0.583. The van der Waals surface area contributed by atoms with Gasteiger partial charge in [0.2, 0.25) is 5.89 Å². The first-order valence-electron chi connectivity index (χ1n) is 11.7. The summed E-state index contributed by atoms with van der Waals surface area (Å²) < 4.78 is 16.9. The van der Waals surface area contributed by atoms with E-state index in [0.717, 1.165) is 76.2 Å². The Balaban J connectivity index is 1.38. The second-order valence-electron chi connectivity index (χ2n) is 8.43. The summed E-state index contributed by atoms with van der Waals surface area (Å²) in [5.74, 6) is 1.96.